The van der Waals surface area contributed by atoms with Crippen LogP contribution in [-0.2, 0) is 10.5 Å². The van der Waals surface area contributed by atoms with E-state index in [0.717, 1.165) is 0 Å². The molecule has 0 aliphatic carbocycles. The van der Waals surface area contributed by atoms with Gasteiger partial charge in [0.05, 0.1) is 0 Å². The van der Waals surface area contributed by atoms with Crippen molar-refractivity contribution in [1.29, 1.82) is 0 Å². The van der Waals surface area contributed by atoms with Gasteiger partial charge in [0, 0.05) is 0 Å². The van der Waals surface area contributed by atoms with Crippen molar-refractivity contribution in [3.8, 4) is 0 Å². The van der Waals surface area contributed by atoms with Crippen LogP contribution in [0, 0.1) is 0 Å². The third-order valence-electron chi connectivity index (χ3n) is 1.000. The van der Waals surface area contributed by atoms with E-state index >= 15 is 0 Å². The monoisotopic (exact) mass is 329 g/mol. The van der Waals surface area contributed by atoms with E-state index < -0.39 is 10.5 Å². The molecular weight excluding hydrogens is 324 g/mol. The van der Waals surface area contributed by atoms with E-state index in [1.54, 1.807) is 24.3 Å². The van der Waals surface area contributed by atoms with Gasteiger partial charge in [-0.1, -0.05) is 0 Å². The summed E-state index contributed by atoms with van der Waals surface area (Å²) in [5, 5.41) is 0. The van der Waals surface area contributed by atoms with E-state index in [-0.39, 0.29) is 0 Å². The molecule has 1 rings (SSSR count). The Morgan fingerprint density at radius 2 is 1.42 bits per heavy atom. The average Bonchev–Trinajstić information content (AvgIpc) is 1.83. The van der Waals surface area contributed by atoms with Gasteiger partial charge in [-0.3, -0.25) is 0 Å². The molecule has 0 radical (unpaired) electrons. The minimum absolute atomic E-state index is 0.602. The summed E-state index contributed by atoms with van der Waals surface area (Å²) in [4.78, 5) is 0. The fourth-order valence-corrected chi connectivity index (χ4v) is 3.62. The minimum atomic E-state index is -4.50. The molecule has 0 saturated heterocycles. The van der Waals surface area contributed by atoms with Crippen LogP contribution in [0.4, 0.5) is 5.69 Å². The molecule has 0 spiro atoms. The summed E-state index contributed by atoms with van der Waals surface area (Å²) in [6.07, 6.45) is 0. The van der Waals surface area contributed by atoms with Crippen LogP contribution in [0.5, 0.6) is 0 Å². The van der Waals surface area contributed by atoms with Gasteiger partial charge in [-0.25, -0.2) is 0 Å². The van der Waals surface area contributed by atoms with Crippen molar-refractivity contribution in [2.75, 3.05) is 0 Å². The first-order chi connectivity index (χ1) is 5.33. The predicted octanol–water partition coefficient (Wildman–Crippen LogP) is 4.81. The van der Waals surface area contributed by atoms with Gasteiger partial charge in [0.2, 0.25) is 0 Å². The second-order valence-electron chi connectivity index (χ2n) is 2.05. The Labute approximate surface area is 87.0 Å². The normalized spacial score (nSPS) is 14.8. The van der Waals surface area contributed by atoms with Crippen molar-refractivity contribution in [3.63, 3.8) is 0 Å². The van der Waals surface area contributed by atoms with Crippen LogP contribution in [-0.4, -0.2) is 0 Å². The Balaban J connectivity index is 3.14. The molecule has 0 saturated carbocycles. The Morgan fingerprint density at radius 1 is 0.917 bits per heavy atom. The Hall–Kier alpha value is 0.868. The van der Waals surface area contributed by atoms with E-state index in [1.807, 2.05) is 6.07 Å². The molecule has 68 valence electrons. The molecule has 0 heterocycles. The molecule has 0 amide bonds. The molecule has 1 aromatic rings. The van der Waals surface area contributed by atoms with Crippen LogP contribution in [0.2, 0.25) is 0 Å². The summed E-state index contributed by atoms with van der Waals surface area (Å²) in [6.45, 7) is 0. The van der Waals surface area contributed by atoms with Gasteiger partial charge in [0.1, 0.15) is 0 Å². The zero-order chi connectivity index (χ0) is 9.27. The summed E-state index contributed by atoms with van der Waals surface area (Å²) < 4.78 is 3.88. The quantitative estimate of drug-likeness (QED) is 0.656. The summed E-state index contributed by atoms with van der Waals surface area (Å²) >= 11 is 0. The Bertz CT molecular complexity index is 318. The van der Waals surface area contributed by atoms with Gasteiger partial charge >= 0.3 is 87.6 Å². The van der Waals surface area contributed by atoms with Crippen molar-refractivity contribution in [3.05, 3.63) is 30.3 Å². The predicted molar refractivity (Wildman–Crippen MR) is 51.9 cm³/mol. The zero-order valence-electron chi connectivity index (χ0n) is 5.75. The molecule has 0 aliphatic rings. The molecule has 0 fully saturated rings. The standard InChI is InChI=1S/C6H5N.4ClH.Mo/c7-6-4-2-1-3-5-6;;;;;/h1-5H;4*1H;/q;;;;;+4/p-4. The van der Waals surface area contributed by atoms with Gasteiger partial charge in [0.15, 0.2) is 0 Å². The van der Waals surface area contributed by atoms with Crippen LogP contribution in [0.1, 0.15) is 0 Å². The second kappa shape index (κ2) is 3.55. The van der Waals surface area contributed by atoms with E-state index in [4.69, 9.17) is 37.7 Å². The number of hydrogen-bond acceptors (Lipinski definition) is 1. The fraction of sp³-hybridized carbons (Fsp3) is 0. The summed E-state index contributed by atoms with van der Waals surface area (Å²) in [6, 6.07) is 8.93. The molecular formula is C6H5Cl4MoN. The van der Waals surface area contributed by atoms with Gasteiger partial charge in [-0.2, -0.15) is 0 Å². The summed E-state index contributed by atoms with van der Waals surface area (Å²) in [5.41, 5.74) is 0.602. The second-order valence-corrected chi connectivity index (χ2v) is 25.4. The molecule has 0 unspecified atom stereocenters. The summed E-state index contributed by atoms with van der Waals surface area (Å²) in [5.74, 6) is 0. The average molecular weight is 329 g/mol. The van der Waals surface area contributed by atoms with Gasteiger partial charge in [0.25, 0.3) is 0 Å². The SMILES string of the molecule is [Cl][Mo]([Cl])([Cl])([Cl])=[N]c1ccccc1. The van der Waals surface area contributed by atoms with Crippen LogP contribution >= 0.6 is 37.7 Å². The first-order valence-corrected chi connectivity index (χ1v) is 14.2. The molecule has 1 nitrogen and oxygen atoms in total. The number of benzene rings is 1. The van der Waals surface area contributed by atoms with E-state index in [0.29, 0.717) is 5.69 Å². The molecule has 0 aliphatic heterocycles. The number of hydrogen-bond donors (Lipinski definition) is 0. The van der Waals surface area contributed by atoms with E-state index in [9.17, 15) is 0 Å². The van der Waals surface area contributed by atoms with Crippen molar-refractivity contribution in [1.82, 2.24) is 0 Å². The van der Waals surface area contributed by atoms with Gasteiger partial charge in [-0.05, 0) is 0 Å². The molecule has 0 bridgehead atoms. The van der Waals surface area contributed by atoms with Crippen LogP contribution < -0.4 is 0 Å². The maximum atomic E-state index is 5.65. The third-order valence-corrected chi connectivity index (χ3v) is 3.83. The van der Waals surface area contributed by atoms with E-state index in [2.05, 4.69) is 3.50 Å². The molecule has 1 aromatic carbocycles. The van der Waals surface area contributed by atoms with Gasteiger partial charge < -0.3 is 0 Å². The molecule has 6 heteroatoms. The molecule has 12 heavy (non-hydrogen) atoms. The van der Waals surface area contributed by atoms with Crippen LogP contribution in [0.3, 0.4) is 0 Å². The van der Waals surface area contributed by atoms with E-state index in [1.165, 1.54) is 0 Å². The number of nitrogens with zero attached hydrogens (tertiary/aromatic N) is 1. The number of rotatable bonds is 1. The van der Waals surface area contributed by atoms with Crippen molar-refractivity contribution in [2.24, 2.45) is 3.50 Å². The summed E-state index contributed by atoms with van der Waals surface area (Å²) in [7, 11) is 18.1. The number of halogens is 4. The van der Waals surface area contributed by atoms with Gasteiger partial charge in [-0.15, -0.1) is 0 Å². The molecule has 0 atom stereocenters. The van der Waals surface area contributed by atoms with Crippen molar-refractivity contribution >= 4 is 43.4 Å². The molecule has 0 aromatic heterocycles. The van der Waals surface area contributed by atoms with Crippen LogP contribution in [0.25, 0.3) is 0 Å². The van der Waals surface area contributed by atoms with Crippen molar-refractivity contribution < 1.29 is 10.5 Å². The van der Waals surface area contributed by atoms with Crippen molar-refractivity contribution in [2.45, 2.75) is 0 Å². The maximum absolute atomic E-state index is 5.65. The first kappa shape index (κ1) is 10.9. The Kier molecular flexibility index (Phi) is 3.24. The Morgan fingerprint density at radius 3 is 1.83 bits per heavy atom. The zero-order valence-corrected chi connectivity index (χ0v) is 10.8. The topological polar surface area (TPSA) is 12.4 Å². The fourth-order valence-electron chi connectivity index (χ4n) is 0.648. The van der Waals surface area contributed by atoms with Crippen LogP contribution in [0.15, 0.2) is 33.8 Å². The first-order valence-electron chi connectivity index (χ1n) is 2.93. The molecule has 0 N–H and O–H groups in total. The third kappa shape index (κ3) is 4.79.